The molecule has 0 unspecified atom stereocenters. The molecule has 7 heteroatoms. The van der Waals surface area contributed by atoms with Gasteiger partial charge in [0.1, 0.15) is 0 Å². The van der Waals surface area contributed by atoms with Crippen molar-refractivity contribution in [1.29, 1.82) is 0 Å². The number of anilines is 1. The molecule has 0 radical (unpaired) electrons. The van der Waals surface area contributed by atoms with Crippen LogP contribution in [0.1, 0.15) is 11.1 Å². The highest BCUT2D eigenvalue weighted by molar-refractivity contribution is 9.10. The van der Waals surface area contributed by atoms with E-state index in [1.807, 2.05) is 19.1 Å². The van der Waals surface area contributed by atoms with Gasteiger partial charge in [-0.05, 0) is 48.4 Å². The maximum Gasteiger partial charge on any atom is 0.238 e. The number of benzene rings is 2. The van der Waals surface area contributed by atoms with Gasteiger partial charge in [0.05, 0.1) is 4.90 Å². The molecule has 0 aliphatic rings. The quantitative estimate of drug-likeness (QED) is 0.838. The van der Waals surface area contributed by atoms with Crippen LogP contribution < -0.4 is 10.5 Å². The third kappa shape index (κ3) is 4.20. The Morgan fingerprint density at radius 3 is 2.62 bits per heavy atom. The lowest BCUT2D eigenvalue weighted by Gasteiger charge is -2.12. The number of aryl methyl sites for hydroxylation is 1. The molecule has 2 rings (SSSR count). The first-order valence-electron chi connectivity index (χ1n) is 6.08. The van der Waals surface area contributed by atoms with Crippen molar-refractivity contribution in [2.24, 2.45) is 5.14 Å². The largest absolute Gasteiger partial charge is 0.381 e. The van der Waals surface area contributed by atoms with Gasteiger partial charge in [0, 0.05) is 21.7 Å². The maximum absolute atomic E-state index is 11.4. The lowest BCUT2D eigenvalue weighted by molar-refractivity contribution is 0.598. The summed E-state index contributed by atoms with van der Waals surface area (Å²) in [6, 6.07) is 10.3. The summed E-state index contributed by atoms with van der Waals surface area (Å²) in [4.78, 5) is 0.0796. The lowest BCUT2D eigenvalue weighted by atomic mass is 10.2. The summed E-state index contributed by atoms with van der Waals surface area (Å²) in [5, 5.41) is 8.97. The summed E-state index contributed by atoms with van der Waals surface area (Å²) < 4.78 is 23.7. The van der Waals surface area contributed by atoms with Gasteiger partial charge < -0.3 is 5.32 Å². The van der Waals surface area contributed by atoms with Crippen molar-refractivity contribution in [2.75, 3.05) is 5.32 Å². The van der Waals surface area contributed by atoms with E-state index in [0.717, 1.165) is 15.6 Å². The molecule has 112 valence electrons. The molecule has 21 heavy (non-hydrogen) atoms. The van der Waals surface area contributed by atoms with Gasteiger partial charge in [-0.2, -0.15) is 0 Å². The van der Waals surface area contributed by atoms with Gasteiger partial charge in [-0.15, -0.1) is 0 Å². The number of halogens is 2. The topological polar surface area (TPSA) is 72.2 Å². The van der Waals surface area contributed by atoms with Gasteiger partial charge >= 0.3 is 0 Å². The summed E-state index contributed by atoms with van der Waals surface area (Å²) in [7, 11) is -3.71. The van der Waals surface area contributed by atoms with E-state index in [2.05, 4.69) is 21.2 Å². The second-order valence-corrected chi connectivity index (χ2v) is 7.50. The molecule has 0 atom stereocenters. The zero-order chi connectivity index (χ0) is 15.6. The van der Waals surface area contributed by atoms with Crippen LogP contribution in [0.25, 0.3) is 0 Å². The second-order valence-electron chi connectivity index (χ2n) is 4.61. The van der Waals surface area contributed by atoms with E-state index in [0.29, 0.717) is 17.3 Å². The lowest BCUT2D eigenvalue weighted by Crippen LogP contribution is -2.13. The van der Waals surface area contributed by atoms with Crippen LogP contribution in [0.5, 0.6) is 0 Å². The zero-order valence-electron chi connectivity index (χ0n) is 11.2. The molecule has 0 aromatic heterocycles. The third-order valence-corrected chi connectivity index (χ3v) is 4.79. The number of hydrogen-bond acceptors (Lipinski definition) is 3. The Morgan fingerprint density at radius 2 is 1.95 bits per heavy atom. The highest BCUT2D eigenvalue weighted by Crippen LogP contribution is 2.24. The van der Waals surface area contributed by atoms with Crippen LogP contribution in [0.4, 0.5) is 5.69 Å². The molecular weight excluding hydrogens is 376 g/mol. The fourth-order valence-corrected chi connectivity index (χ4v) is 2.97. The van der Waals surface area contributed by atoms with Crippen LogP contribution in [0.2, 0.25) is 5.02 Å². The summed E-state index contributed by atoms with van der Waals surface area (Å²) in [5.41, 5.74) is 2.54. The van der Waals surface area contributed by atoms with Crippen LogP contribution in [0, 0.1) is 6.92 Å². The molecule has 0 heterocycles. The fraction of sp³-hybridized carbons (Fsp3) is 0.143. The number of nitrogens with two attached hydrogens (primary N) is 1. The van der Waals surface area contributed by atoms with Gasteiger partial charge in [-0.25, -0.2) is 13.6 Å². The Balaban J connectivity index is 2.26. The second kappa shape index (κ2) is 6.36. The minimum Gasteiger partial charge on any atom is -0.381 e. The smallest absolute Gasteiger partial charge is 0.238 e. The molecule has 2 aromatic carbocycles. The molecule has 0 spiro atoms. The van der Waals surface area contributed by atoms with E-state index in [1.165, 1.54) is 12.1 Å². The number of rotatable bonds is 4. The number of hydrogen-bond donors (Lipinski definition) is 2. The Hall–Kier alpha value is -1.08. The molecule has 0 fully saturated rings. The molecular formula is C14H14BrClN2O2S. The van der Waals surface area contributed by atoms with Gasteiger partial charge in [-0.3, -0.25) is 0 Å². The van der Waals surface area contributed by atoms with E-state index < -0.39 is 10.0 Å². The Bertz CT molecular complexity index is 779. The molecule has 0 saturated carbocycles. The predicted octanol–water partition coefficient (Wildman–Crippen LogP) is 3.67. The van der Waals surface area contributed by atoms with Gasteiger partial charge in [0.25, 0.3) is 0 Å². The first-order valence-corrected chi connectivity index (χ1v) is 8.80. The fourth-order valence-electron chi connectivity index (χ4n) is 1.84. The standard InChI is InChI=1S/C14H14BrClN2O2S/c1-9-2-4-12(21(17,19)20)7-14(9)18-8-10-6-11(15)3-5-13(10)16/h2-7,18H,8H2,1H3,(H2,17,19,20). The predicted molar refractivity (Wildman–Crippen MR) is 89.0 cm³/mol. The van der Waals surface area contributed by atoms with Crippen LogP contribution in [-0.4, -0.2) is 8.42 Å². The van der Waals surface area contributed by atoms with E-state index >= 15 is 0 Å². The molecule has 0 amide bonds. The average molecular weight is 390 g/mol. The number of primary sulfonamides is 1. The van der Waals surface area contributed by atoms with Crippen molar-refractivity contribution < 1.29 is 8.42 Å². The Morgan fingerprint density at radius 1 is 1.24 bits per heavy atom. The first kappa shape index (κ1) is 16.3. The van der Waals surface area contributed by atoms with Crippen molar-refractivity contribution in [2.45, 2.75) is 18.4 Å². The van der Waals surface area contributed by atoms with Crippen LogP contribution in [-0.2, 0) is 16.6 Å². The molecule has 3 N–H and O–H groups in total. The number of sulfonamides is 1. The normalized spacial score (nSPS) is 11.4. The first-order chi connectivity index (χ1) is 9.77. The summed E-state index contributed by atoms with van der Waals surface area (Å²) in [6.45, 7) is 2.37. The van der Waals surface area contributed by atoms with Crippen molar-refractivity contribution in [1.82, 2.24) is 0 Å². The molecule has 0 aliphatic heterocycles. The van der Waals surface area contributed by atoms with E-state index in [1.54, 1.807) is 12.1 Å². The third-order valence-electron chi connectivity index (χ3n) is 3.01. The molecule has 0 saturated heterocycles. The monoisotopic (exact) mass is 388 g/mol. The van der Waals surface area contributed by atoms with Crippen molar-refractivity contribution in [3.05, 3.63) is 57.0 Å². The highest BCUT2D eigenvalue weighted by Gasteiger charge is 2.10. The summed E-state index contributed by atoms with van der Waals surface area (Å²) >= 11 is 9.52. The maximum atomic E-state index is 11.4. The van der Waals surface area contributed by atoms with Crippen LogP contribution in [0.3, 0.4) is 0 Å². The van der Waals surface area contributed by atoms with Crippen LogP contribution >= 0.6 is 27.5 Å². The SMILES string of the molecule is Cc1ccc(S(N)(=O)=O)cc1NCc1cc(Br)ccc1Cl. The van der Waals surface area contributed by atoms with Gasteiger partial charge in [-0.1, -0.05) is 33.6 Å². The van der Waals surface area contributed by atoms with Crippen molar-refractivity contribution in [3.8, 4) is 0 Å². The van der Waals surface area contributed by atoms with Gasteiger partial charge in [0.2, 0.25) is 10.0 Å². The molecule has 0 aliphatic carbocycles. The van der Waals surface area contributed by atoms with Crippen LogP contribution in [0.15, 0.2) is 45.8 Å². The van der Waals surface area contributed by atoms with Crippen molar-refractivity contribution in [3.63, 3.8) is 0 Å². The minimum atomic E-state index is -3.71. The molecule has 4 nitrogen and oxygen atoms in total. The highest BCUT2D eigenvalue weighted by atomic mass is 79.9. The summed E-state index contributed by atoms with van der Waals surface area (Å²) in [6.07, 6.45) is 0. The van der Waals surface area contributed by atoms with Gasteiger partial charge in [0.15, 0.2) is 0 Å². The van der Waals surface area contributed by atoms with Crippen molar-refractivity contribution >= 4 is 43.2 Å². The Labute approximate surface area is 137 Å². The van der Waals surface area contributed by atoms with E-state index in [4.69, 9.17) is 16.7 Å². The zero-order valence-corrected chi connectivity index (χ0v) is 14.4. The minimum absolute atomic E-state index is 0.0796. The summed E-state index contributed by atoms with van der Waals surface area (Å²) in [5.74, 6) is 0. The number of nitrogens with one attached hydrogen (secondary N) is 1. The van der Waals surface area contributed by atoms with E-state index in [9.17, 15) is 8.42 Å². The van der Waals surface area contributed by atoms with E-state index in [-0.39, 0.29) is 4.90 Å². The average Bonchev–Trinajstić information content (AvgIpc) is 2.40. The Kier molecular flexibility index (Phi) is 4.93. The molecule has 2 aromatic rings. The molecule has 0 bridgehead atoms.